The van der Waals surface area contributed by atoms with Crippen LogP contribution in [0, 0.1) is 17.6 Å². The Balaban J connectivity index is 2.09. The fourth-order valence-electron chi connectivity index (χ4n) is 2.75. The highest BCUT2D eigenvalue weighted by Crippen LogP contribution is 2.42. The summed E-state index contributed by atoms with van der Waals surface area (Å²) in [6.07, 6.45) is 1.81. The molecule has 0 saturated heterocycles. The second-order valence-corrected chi connectivity index (χ2v) is 6.38. The fraction of sp³-hybridized carbons (Fsp3) is 0.429. The molecular weight excluding hydrogens is 298 g/mol. The number of carboxylic acids is 1. The van der Waals surface area contributed by atoms with Gasteiger partial charge >= 0.3 is 5.97 Å². The zero-order valence-corrected chi connectivity index (χ0v) is 12.2. The van der Waals surface area contributed by atoms with Gasteiger partial charge in [-0.05, 0) is 18.8 Å². The molecule has 21 heavy (non-hydrogen) atoms. The molecule has 1 aromatic carbocycles. The standard InChI is InChI=1S/C14H14F2N2O2S/c1-7-2-9(3-7)18-11-5-8(15)4-10(16)13(11)17-14(18)21-6-12(19)20/h4-5,7,9H,2-3,6H2,1H3,(H,19,20). The van der Waals surface area contributed by atoms with Crippen molar-refractivity contribution in [3.63, 3.8) is 0 Å². The van der Waals surface area contributed by atoms with Crippen LogP contribution in [0.2, 0.25) is 0 Å². The number of aromatic nitrogens is 2. The van der Waals surface area contributed by atoms with E-state index in [0.717, 1.165) is 30.7 Å². The summed E-state index contributed by atoms with van der Waals surface area (Å²) in [4.78, 5) is 14.9. The number of nitrogens with zero attached hydrogens (tertiary/aromatic N) is 2. The first-order chi connectivity index (χ1) is 9.95. The molecular formula is C14H14F2N2O2S. The first-order valence-corrected chi connectivity index (χ1v) is 7.66. The number of thioether (sulfide) groups is 1. The zero-order chi connectivity index (χ0) is 15.1. The van der Waals surface area contributed by atoms with Gasteiger partial charge in [-0.15, -0.1) is 0 Å². The number of carbonyl (C=O) groups is 1. The van der Waals surface area contributed by atoms with Gasteiger partial charge in [-0.25, -0.2) is 13.8 Å². The predicted molar refractivity (Wildman–Crippen MR) is 75.4 cm³/mol. The summed E-state index contributed by atoms with van der Waals surface area (Å²) in [5.74, 6) is -1.93. The quantitative estimate of drug-likeness (QED) is 0.878. The Bertz CT molecular complexity index is 711. The summed E-state index contributed by atoms with van der Waals surface area (Å²) < 4.78 is 29.1. The Morgan fingerprint density at radius 3 is 2.81 bits per heavy atom. The van der Waals surface area contributed by atoms with Crippen LogP contribution in [0.4, 0.5) is 8.78 Å². The van der Waals surface area contributed by atoms with Crippen molar-refractivity contribution in [2.24, 2.45) is 5.92 Å². The second kappa shape index (κ2) is 5.29. The molecule has 0 unspecified atom stereocenters. The Kier molecular flexibility index (Phi) is 3.61. The maximum Gasteiger partial charge on any atom is 0.313 e. The normalized spacial score (nSPS) is 21.5. The monoisotopic (exact) mass is 312 g/mol. The molecule has 1 N–H and O–H groups in total. The third-order valence-electron chi connectivity index (χ3n) is 3.72. The number of benzene rings is 1. The van der Waals surface area contributed by atoms with Crippen molar-refractivity contribution in [1.29, 1.82) is 0 Å². The van der Waals surface area contributed by atoms with E-state index in [-0.39, 0.29) is 17.3 Å². The van der Waals surface area contributed by atoms with Crippen molar-refractivity contribution in [2.45, 2.75) is 31.0 Å². The third kappa shape index (κ3) is 2.62. The number of fused-ring (bicyclic) bond motifs is 1. The van der Waals surface area contributed by atoms with E-state index < -0.39 is 17.6 Å². The van der Waals surface area contributed by atoms with Gasteiger partial charge in [0.25, 0.3) is 0 Å². The van der Waals surface area contributed by atoms with E-state index in [1.807, 2.05) is 0 Å². The lowest BCUT2D eigenvalue weighted by atomic mass is 9.81. The molecule has 0 spiro atoms. The first kappa shape index (κ1) is 14.3. The lowest BCUT2D eigenvalue weighted by Gasteiger charge is -2.35. The summed E-state index contributed by atoms with van der Waals surface area (Å²) in [6.45, 7) is 2.11. The summed E-state index contributed by atoms with van der Waals surface area (Å²) in [6, 6.07) is 2.19. The van der Waals surface area contributed by atoms with Gasteiger partial charge in [0, 0.05) is 18.2 Å². The maximum atomic E-state index is 13.9. The van der Waals surface area contributed by atoms with Crippen LogP contribution in [0.1, 0.15) is 25.8 Å². The molecule has 1 saturated carbocycles. The summed E-state index contributed by atoms with van der Waals surface area (Å²) >= 11 is 1.04. The molecule has 112 valence electrons. The molecule has 0 bridgehead atoms. The molecule has 0 radical (unpaired) electrons. The van der Waals surface area contributed by atoms with Gasteiger partial charge in [-0.1, -0.05) is 18.7 Å². The number of hydrogen-bond acceptors (Lipinski definition) is 3. The number of aliphatic carboxylic acids is 1. The van der Waals surface area contributed by atoms with Crippen LogP contribution in [0.15, 0.2) is 17.3 Å². The first-order valence-electron chi connectivity index (χ1n) is 6.67. The van der Waals surface area contributed by atoms with Crippen LogP contribution >= 0.6 is 11.8 Å². The van der Waals surface area contributed by atoms with Crippen molar-refractivity contribution in [3.8, 4) is 0 Å². The smallest absolute Gasteiger partial charge is 0.313 e. The highest BCUT2D eigenvalue weighted by Gasteiger charge is 2.31. The van der Waals surface area contributed by atoms with Crippen molar-refractivity contribution in [1.82, 2.24) is 9.55 Å². The summed E-state index contributed by atoms with van der Waals surface area (Å²) in [5.41, 5.74) is 0.501. The van der Waals surface area contributed by atoms with Crippen molar-refractivity contribution >= 4 is 28.8 Å². The van der Waals surface area contributed by atoms with E-state index in [4.69, 9.17) is 5.11 Å². The average Bonchev–Trinajstić information content (AvgIpc) is 2.71. The maximum absolute atomic E-state index is 13.9. The minimum atomic E-state index is -0.966. The van der Waals surface area contributed by atoms with E-state index in [0.29, 0.717) is 16.6 Å². The van der Waals surface area contributed by atoms with Crippen LogP contribution in [-0.4, -0.2) is 26.4 Å². The highest BCUT2D eigenvalue weighted by atomic mass is 32.2. The molecule has 7 heteroatoms. The Labute approximate surface area is 124 Å². The molecule has 3 rings (SSSR count). The minimum Gasteiger partial charge on any atom is -0.481 e. The van der Waals surface area contributed by atoms with Crippen LogP contribution in [-0.2, 0) is 4.79 Å². The highest BCUT2D eigenvalue weighted by molar-refractivity contribution is 7.99. The van der Waals surface area contributed by atoms with E-state index in [2.05, 4.69) is 11.9 Å². The van der Waals surface area contributed by atoms with E-state index in [1.54, 1.807) is 4.57 Å². The fourth-order valence-corrected chi connectivity index (χ4v) is 3.55. The van der Waals surface area contributed by atoms with Crippen molar-refractivity contribution in [2.75, 3.05) is 5.75 Å². The Morgan fingerprint density at radius 2 is 2.19 bits per heavy atom. The van der Waals surface area contributed by atoms with Crippen LogP contribution in [0.5, 0.6) is 0 Å². The van der Waals surface area contributed by atoms with Crippen LogP contribution in [0.25, 0.3) is 11.0 Å². The van der Waals surface area contributed by atoms with Gasteiger partial charge in [0.1, 0.15) is 11.3 Å². The molecule has 1 aliphatic rings. The van der Waals surface area contributed by atoms with Gasteiger partial charge in [0.2, 0.25) is 0 Å². The molecule has 2 aromatic rings. The average molecular weight is 312 g/mol. The van der Waals surface area contributed by atoms with Gasteiger partial charge in [-0.2, -0.15) is 0 Å². The molecule has 1 aromatic heterocycles. The number of imidazole rings is 1. The lowest BCUT2D eigenvalue weighted by Crippen LogP contribution is -2.25. The summed E-state index contributed by atoms with van der Waals surface area (Å²) in [5, 5.41) is 9.24. The number of carboxylic acid groups (broad SMARTS) is 1. The summed E-state index contributed by atoms with van der Waals surface area (Å²) in [7, 11) is 0. The van der Waals surface area contributed by atoms with E-state index >= 15 is 0 Å². The molecule has 1 fully saturated rings. The molecule has 0 amide bonds. The number of halogens is 2. The Hall–Kier alpha value is -1.63. The lowest BCUT2D eigenvalue weighted by molar-refractivity contribution is -0.133. The van der Waals surface area contributed by atoms with Crippen LogP contribution in [0.3, 0.4) is 0 Å². The number of rotatable bonds is 4. The molecule has 0 atom stereocenters. The minimum absolute atomic E-state index is 0.101. The largest absolute Gasteiger partial charge is 0.481 e. The van der Waals surface area contributed by atoms with E-state index in [1.165, 1.54) is 6.07 Å². The van der Waals surface area contributed by atoms with E-state index in [9.17, 15) is 13.6 Å². The molecule has 1 heterocycles. The van der Waals surface area contributed by atoms with Crippen LogP contribution < -0.4 is 0 Å². The van der Waals surface area contributed by atoms with Crippen molar-refractivity contribution in [3.05, 3.63) is 23.8 Å². The van der Waals surface area contributed by atoms with Gasteiger partial charge in [0.15, 0.2) is 11.0 Å². The van der Waals surface area contributed by atoms with Gasteiger partial charge in [-0.3, -0.25) is 4.79 Å². The molecule has 1 aliphatic carbocycles. The molecule has 4 nitrogen and oxygen atoms in total. The molecule has 0 aliphatic heterocycles. The van der Waals surface area contributed by atoms with Crippen molar-refractivity contribution < 1.29 is 18.7 Å². The Morgan fingerprint density at radius 1 is 1.48 bits per heavy atom. The zero-order valence-electron chi connectivity index (χ0n) is 11.3. The van der Waals surface area contributed by atoms with Gasteiger partial charge in [0.05, 0.1) is 11.3 Å². The number of hydrogen-bond donors (Lipinski definition) is 1. The predicted octanol–water partition coefficient (Wildman–Crippen LogP) is 3.46. The second-order valence-electron chi connectivity index (χ2n) is 5.43. The SMILES string of the molecule is CC1CC(n2c(SCC(=O)O)nc3c(F)cc(F)cc32)C1. The topological polar surface area (TPSA) is 55.1 Å². The third-order valence-corrected chi connectivity index (χ3v) is 4.66. The van der Waals surface area contributed by atoms with Gasteiger partial charge < -0.3 is 9.67 Å².